The summed E-state index contributed by atoms with van der Waals surface area (Å²) in [6.07, 6.45) is 0. The van der Waals surface area contributed by atoms with Crippen LogP contribution >= 0.6 is 24.1 Å². The molecule has 0 unspecified atom stereocenters. The van der Waals surface area contributed by atoms with Crippen LogP contribution in [0.25, 0.3) is 32.7 Å². The molecule has 0 heterocycles. The zero-order valence-corrected chi connectivity index (χ0v) is 33.1. The van der Waals surface area contributed by atoms with Gasteiger partial charge in [-0.05, 0) is 120 Å². The lowest BCUT2D eigenvalue weighted by atomic mass is 10.0. The van der Waals surface area contributed by atoms with E-state index in [0.29, 0.717) is 52.2 Å². The number of nitrogens with two attached hydrogens (primary N) is 1. The average molecular weight is 872 g/mol. The average Bonchev–Trinajstić information content (AvgIpc) is 3.15. The van der Waals surface area contributed by atoms with Crippen molar-refractivity contribution >= 4 is 94.3 Å². The van der Waals surface area contributed by atoms with Crippen LogP contribution in [-0.2, 0) is 39.0 Å². The van der Waals surface area contributed by atoms with Gasteiger partial charge in [-0.25, -0.2) is 10.5 Å². The number of azo groups is 2. The number of benzene rings is 6. The van der Waals surface area contributed by atoms with Gasteiger partial charge in [-0.2, -0.15) is 27.1 Å². The van der Waals surface area contributed by atoms with E-state index >= 15 is 0 Å². The van der Waals surface area contributed by atoms with E-state index in [1.807, 2.05) is 6.07 Å². The first-order chi connectivity index (χ1) is 27.4. The molecule has 0 bridgehead atoms. The molecule has 0 amide bonds. The lowest BCUT2D eigenvalue weighted by Gasteiger charge is -2.12. The van der Waals surface area contributed by atoms with Gasteiger partial charge in [0.15, 0.2) is 11.5 Å². The minimum Gasteiger partial charge on any atom is -0.505 e. The highest BCUT2D eigenvalue weighted by Crippen LogP contribution is 2.47. The summed E-state index contributed by atoms with van der Waals surface area (Å²) in [6.45, 7) is 5.04. The number of aryl methyl sites for hydroxylation is 3. The molecule has 23 heteroatoms. The fourth-order valence-electron chi connectivity index (χ4n) is 6.01. The zero-order chi connectivity index (χ0) is 42.1. The Kier molecular flexibility index (Phi) is 12.3. The molecular weight excluding hydrogens is 843 g/mol. The predicted molar refractivity (Wildman–Crippen MR) is 211 cm³/mol. The first-order valence-corrected chi connectivity index (χ1v) is 20.5. The Morgan fingerprint density at radius 2 is 1.16 bits per heavy atom. The molecule has 6 aromatic rings. The van der Waals surface area contributed by atoms with Gasteiger partial charge in [0.05, 0.1) is 45.3 Å². The highest BCUT2D eigenvalue weighted by atomic mass is 32.2. The van der Waals surface area contributed by atoms with Crippen LogP contribution in [0.4, 0.5) is 28.4 Å². The summed E-state index contributed by atoms with van der Waals surface area (Å²) < 4.78 is 76.8. The molecule has 0 spiro atoms. The molecule has 8 N–H and O–H groups in total. The molecule has 19 nitrogen and oxygen atoms in total. The van der Waals surface area contributed by atoms with E-state index in [1.165, 1.54) is 31.2 Å². The molecule has 6 aromatic carbocycles. The third kappa shape index (κ3) is 8.90. The van der Waals surface area contributed by atoms with Crippen LogP contribution in [0.1, 0.15) is 16.7 Å². The van der Waals surface area contributed by atoms with Gasteiger partial charge < -0.3 is 15.9 Å². The number of anilines is 1. The SMILES string of the molecule is Cc1cc(-c2ccc(/N=N/c3c(S(=O)(=O)O)cc4cc(SOOO)cc(N)c4c3O)c(C)c2)ccc1/N=N/c1c(SOOO)cc2cc(S(=O)(=O)O)cc(C)c2c1O. The predicted octanol–water partition coefficient (Wildman–Crippen LogP) is 9.76. The van der Waals surface area contributed by atoms with Gasteiger partial charge in [0, 0.05) is 21.4 Å². The molecule has 302 valence electrons. The van der Waals surface area contributed by atoms with Gasteiger partial charge in [0.2, 0.25) is 0 Å². The third-order valence-corrected chi connectivity index (χ3v) is 11.5. The van der Waals surface area contributed by atoms with E-state index in [1.54, 1.807) is 44.2 Å². The van der Waals surface area contributed by atoms with Crippen LogP contribution in [0.5, 0.6) is 11.5 Å². The molecular formula is C35H29N5O14S4. The number of rotatable bonds is 13. The van der Waals surface area contributed by atoms with Crippen LogP contribution < -0.4 is 5.73 Å². The van der Waals surface area contributed by atoms with Crippen molar-refractivity contribution in [3.63, 3.8) is 0 Å². The van der Waals surface area contributed by atoms with E-state index in [4.69, 9.17) is 16.2 Å². The Balaban J connectivity index is 1.30. The Hall–Kier alpha value is -5.28. The Bertz CT molecular complexity index is 2910. The maximum atomic E-state index is 12.4. The summed E-state index contributed by atoms with van der Waals surface area (Å²) in [4.78, 5) is -0.785. The van der Waals surface area contributed by atoms with Crippen LogP contribution in [-0.4, -0.2) is 46.7 Å². The highest BCUT2D eigenvalue weighted by Gasteiger charge is 2.24. The van der Waals surface area contributed by atoms with Crippen molar-refractivity contribution in [3.05, 3.63) is 89.5 Å². The number of hydrogen-bond acceptors (Lipinski definition) is 19. The minimum absolute atomic E-state index is 0.00624. The molecule has 58 heavy (non-hydrogen) atoms. The van der Waals surface area contributed by atoms with Crippen molar-refractivity contribution in [1.29, 1.82) is 0 Å². The van der Waals surface area contributed by atoms with E-state index < -0.39 is 41.5 Å². The second-order valence-corrected chi connectivity index (χ2v) is 16.7. The summed E-state index contributed by atoms with van der Waals surface area (Å²) in [7, 11) is -9.49. The molecule has 0 fully saturated rings. The number of phenols is 2. The number of aromatic hydroxyl groups is 2. The van der Waals surface area contributed by atoms with Gasteiger partial charge in [-0.1, -0.05) is 22.2 Å². The van der Waals surface area contributed by atoms with E-state index in [0.717, 1.165) is 23.3 Å². The van der Waals surface area contributed by atoms with Gasteiger partial charge in [-0.15, -0.1) is 18.9 Å². The first kappa shape index (κ1) is 42.3. The quantitative estimate of drug-likeness (QED) is 0.0142. The smallest absolute Gasteiger partial charge is 0.296 e. The monoisotopic (exact) mass is 871 g/mol. The van der Waals surface area contributed by atoms with Crippen LogP contribution in [0, 0.1) is 20.8 Å². The maximum Gasteiger partial charge on any atom is 0.296 e. The third-order valence-electron chi connectivity index (χ3n) is 8.61. The lowest BCUT2D eigenvalue weighted by Crippen LogP contribution is -2.00. The van der Waals surface area contributed by atoms with Gasteiger partial charge >= 0.3 is 0 Å². The molecule has 6 rings (SSSR count). The molecule has 0 atom stereocenters. The second kappa shape index (κ2) is 16.9. The Morgan fingerprint density at radius 3 is 1.71 bits per heavy atom. The zero-order valence-electron chi connectivity index (χ0n) is 29.9. The van der Waals surface area contributed by atoms with E-state index in [9.17, 15) is 36.2 Å². The number of phenolic OH excluding ortho intramolecular Hbond substituents is 2. The van der Waals surface area contributed by atoms with E-state index in [-0.39, 0.29) is 48.5 Å². The summed E-state index contributed by atoms with van der Waals surface area (Å²) in [5.74, 6) is -1.04. The summed E-state index contributed by atoms with van der Waals surface area (Å²) >= 11 is 1.01. The molecule has 0 aliphatic rings. The van der Waals surface area contributed by atoms with Crippen molar-refractivity contribution in [2.24, 2.45) is 20.5 Å². The Morgan fingerprint density at radius 1 is 0.603 bits per heavy atom. The lowest BCUT2D eigenvalue weighted by molar-refractivity contribution is -0.432. The van der Waals surface area contributed by atoms with E-state index in [2.05, 4.69) is 39.2 Å². The minimum atomic E-state index is -4.93. The highest BCUT2D eigenvalue weighted by molar-refractivity contribution is 7.95. The summed E-state index contributed by atoms with van der Waals surface area (Å²) in [5.41, 5.74) is 9.28. The normalized spacial score (nSPS) is 12.5. The Labute approximate surface area is 337 Å². The number of nitrogens with zero attached hydrogens (tertiary/aromatic N) is 4. The standard InChI is InChI=1S/C35H29N5O14S4/c1-16-8-19(4-6-26(16)37-39-32-28(56-54-52-44)13-22-12-24(57(45,46)47)10-18(3)30(22)34(32)41)20-5-7-27(17(2)9-20)38-40-33-29(58(48,49)50)14-21-11-23(55-53-51-43)15-25(36)31(21)35(33)42/h4-15,41-44H,36H2,1-3H3,(H,45,46,47)(H,48,49,50)/b39-37+,40-38+. The maximum absolute atomic E-state index is 12.4. The van der Waals surface area contributed by atoms with Crippen LogP contribution in [0.2, 0.25) is 0 Å². The van der Waals surface area contributed by atoms with Crippen molar-refractivity contribution in [1.82, 2.24) is 0 Å². The summed E-state index contributed by atoms with van der Waals surface area (Å²) in [6, 6.07) is 17.9. The van der Waals surface area contributed by atoms with Gasteiger partial charge in [0.25, 0.3) is 20.2 Å². The molecule has 0 aliphatic carbocycles. The van der Waals surface area contributed by atoms with Crippen molar-refractivity contribution < 1.29 is 65.4 Å². The van der Waals surface area contributed by atoms with Crippen LogP contribution in [0.3, 0.4) is 0 Å². The number of nitrogen functional groups attached to an aromatic ring is 1. The van der Waals surface area contributed by atoms with Gasteiger partial charge in [0.1, 0.15) is 16.3 Å². The molecule has 0 saturated carbocycles. The molecule has 0 radical (unpaired) electrons. The number of fused-ring (bicyclic) bond motifs is 2. The van der Waals surface area contributed by atoms with Crippen molar-refractivity contribution in [3.8, 4) is 22.6 Å². The molecule has 0 saturated heterocycles. The molecule has 0 aliphatic heterocycles. The molecule has 0 aromatic heterocycles. The second-order valence-electron chi connectivity index (χ2n) is 12.4. The fourth-order valence-corrected chi connectivity index (χ4v) is 8.23. The van der Waals surface area contributed by atoms with Crippen LogP contribution in [0.15, 0.2) is 113 Å². The topological polar surface area (TPSA) is 302 Å². The van der Waals surface area contributed by atoms with Crippen molar-refractivity contribution in [2.75, 3.05) is 5.73 Å². The van der Waals surface area contributed by atoms with Crippen molar-refractivity contribution in [2.45, 2.75) is 40.4 Å². The van der Waals surface area contributed by atoms with Gasteiger partial charge in [-0.3, -0.25) is 9.11 Å². The summed E-state index contributed by atoms with van der Waals surface area (Å²) in [5, 5.41) is 64.1. The largest absolute Gasteiger partial charge is 0.505 e. The first-order valence-electron chi connectivity index (χ1n) is 16.1. The fraction of sp³-hybridized carbons (Fsp3) is 0.0857. The number of hydrogen-bond donors (Lipinski definition) is 7.